The van der Waals surface area contributed by atoms with Crippen LogP contribution in [0.2, 0.25) is 0 Å². The van der Waals surface area contributed by atoms with Gasteiger partial charge in [0.25, 0.3) is 0 Å². The normalized spacial score (nSPS) is 17.3. The van der Waals surface area contributed by atoms with Crippen molar-refractivity contribution in [2.75, 3.05) is 0 Å². The van der Waals surface area contributed by atoms with Crippen LogP contribution >= 0.6 is 0 Å². The summed E-state index contributed by atoms with van der Waals surface area (Å²) in [6, 6.07) is 1.92. The van der Waals surface area contributed by atoms with Crippen molar-refractivity contribution in [3.63, 3.8) is 0 Å². The van der Waals surface area contributed by atoms with E-state index in [4.69, 9.17) is 0 Å². The maximum Gasteiger partial charge on any atom is 0.306 e. The molecule has 3 rings (SSSR count). The van der Waals surface area contributed by atoms with Crippen LogP contribution in [-0.4, -0.2) is 26.0 Å². The van der Waals surface area contributed by atoms with E-state index in [1.54, 1.807) is 12.4 Å². The Morgan fingerprint density at radius 2 is 2.14 bits per heavy atom. The van der Waals surface area contributed by atoms with Crippen molar-refractivity contribution >= 4 is 5.97 Å². The lowest BCUT2D eigenvalue weighted by molar-refractivity contribution is -0.142. The lowest BCUT2D eigenvalue weighted by Crippen LogP contribution is -2.24. The zero-order valence-electron chi connectivity index (χ0n) is 12.1. The van der Waals surface area contributed by atoms with Crippen molar-refractivity contribution in [2.45, 2.75) is 33.1 Å². The molecule has 1 aliphatic carbocycles. The van der Waals surface area contributed by atoms with Gasteiger partial charge in [-0.2, -0.15) is 0 Å². The number of aromatic nitrogens is 3. The summed E-state index contributed by atoms with van der Waals surface area (Å²) in [5.74, 6) is -0.331. The third kappa shape index (κ3) is 2.51. The zero-order chi connectivity index (χ0) is 15.0. The van der Waals surface area contributed by atoms with Gasteiger partial charge in [-0.3, -0.25) is 9.78 Å². The van der Waals surface area contributed by atoms with Crippen molar-refractivity contribution in [1.82, 2.24) is 15.0 Å². The van der Waals surface area contributed by atoms with Gasteiger partial charge in [0.1, 0.15) is 0 Å². The lowest BCUT2D eigenvalue weighted by atomic mass is 9.86. The Morgan fingerprint density at radius 1 is 1.33 bits per heavy atom. The fraction of sp³-hybridized carbons (Fsp3) is 0.375. The van der Waals surface area contributed by atoms with Gasteiger partial charge in [0, 0.05) is 29.3 Å². The maximum absolute atomic E-state index is 11.2. The predicted octanol–water partition coefficient (Wildman–Crippen LogP) is 2.34. The first-order valence-corrected chi connectivity index (χ1v) is 7.06. The SMILES string of the molecule is Cc1cnccc1-c1nc(C)c2c(n1)CCC(C(=O)O)C2. The second-order valence-corrected chi connectivity index (χ2v) is 5.53. The van der Waals surface area contributed by atoms with Crippen LogP contribution in [0.4, 0.5) is 0 Å². The molecule has 0 radical (unpaired) electrons. The number of carbonyl (C=O) groups is 1. The Morgan fingerprint density at radius 3 is 2.86 bits per heavy atom. The first-order chi connectivity index (χ1) is 10.1. The highest BCUT2D eigenvalue weighted by Gasteiger charge is 2.27. The van der Waals surface area contributed by atoms with Gasteiger partial charge >= 0.3 is 5.97 Å². The molecule has 1 atom stereocenters. The van der Waals surface area contributed by atoms with E-state index < -0.39 is 5.97 Å². The highest BCUT2D eigenvalue weighted by molar-refractivity contribution is 5.71. The van der Waals surface area contributed by atoms with Crippen LogP contribution in [0.1, 0.15) is 28.9 Å². The van der Waals surface area contributed by atoms with E-state index >= 15 is 0 Å². The van der Waals surface area contributed by atoms with E-state index in [9.17, 15) is 9.90 Å². The van der Waals surface area contributed by atoms with Gasteiger partial charge in [-0.1, -0.05) is 0 Å². The molecule has 0 spiro atoms. The molecule has 5 nitrogen and oxygen atoms in total. The summed E-state index contributed by atoms with van der Waals surface area (Å²) in [5.41, 5.74) is 4.90. The number of pyridine rings is 1. The Hall–Kier alpha value is -2.30. The molecule has 5 heteroatoms. The van der Waals surface area contributed by atoms with Crippen LogP contribution in [-0.2, 0) is 17.6 Å². The van der Waals surface area contributed by atoms with Gasteiger partial charge in [-0.25, -0.2) is 9.97 Å². The molecular weight excluding hydrogens is 266 g/mol. The zero-order valence-corrected chi connectivity index (χ0v) is 12.1. The summed E-state index contributed by atoms with van der Waals surface area (Å²) < 4.78 is 0. The van der Waals surface area contributed by atoms with E-state index in [-0.39, 0.29) is 5.92 Å². The third-order valence-electron chi connectivity index (χ3n) is 4.09. The molecule has 0 amide bonds. The Bertz CT molecular complexity index is 713. The molecule has 0 bridgehead atoms. The summed E-state index contributed by atoms with van der Waals surface area (Å²) in [7, 11) is 0. The van der Waals surface area contributed by atoms with Gasteiger partial charge in [-0.05, 0) is 50.3 Å². The number of carboxylic acid groups (broad SMARTS) is 1. The number of hydrogen-bond acceptors (Lipinski definition) is 4. The average molecular weight is 283 g/mol. The van der Waals surface area contributed by atoms with Crippen LogP contribution < -0.4 is 0 Å². The highest BCUT2D eigenvalue weighted by Crippen LogP contribution is 2.29. The van der Waals surface area contributed by atoms with Crippen molar-refractivity contribution in [3.05, 3.63) is 41.0 Å². The van der Waals surface area contributed by atoms with Gasteiger partial charge < -0.3 is 5.11 Å². The molecule has 0 aromatic carbocycles. The quantitative estimate of drug-likeness (QED) is 0.915. The van der Waals surface area contributed by atoms with E-state index in [1.165, 1.54) is 0 Å². The molecule has 108 valence electrons. The largest absolute Gasteiger partial charge is 0.481 e. The van der Waals surface area contributed by atoms with E-state index in [2.05, 4.69) is 15.0 Å². The molecule has 0 fully saturated rings. The molecule has 1 unspecified atom stereocenters. The van der Waals surface area contributed by atoms with Crippen LogP contribution in [0.25, 0.3) is 11.4 Å². The van der Waals surface area contributed by atoms with Crippen LogP contribution in [0.5, 0.6) is 0 Å². The molecule has 21 heavy (non-hydrogen) atoms. The first-order valence-electron chi connectivity index (χ1n) is 7.06. The van der Waals surface area contributed by atoms with Crippen LogP contribution in [0, 0.1) is 19.8 Å². The summed E-state index contributed by atoms with van der Waals surface area (Å²) >= 11 is 0. The predicted molar refractivity (Wildman–Crippen MR) is 77.9 cm³/mol. The number of rotatable bonds is 2. The minimum atomic E-state index is -0.728. The molecule has 2 heterocycles. The number of carboxylic acids is 1. The summed E-state index contributed by atoms with van der Waals surface area (Å²) in [4.78, 5) is 24.5. The summed E-state index contributed by atoms with van der Waals surface area (Å²) in [6.45, 7) is 3.92. The van der Waals surface area contributed by atoms with Gasteiger partial charge in [0.05, 0.1) is 5.92 Å². The third-order valence-corrected chi connectivity index (χ3v) is 4.09. The highest BCUT2D eigenvalue weighted by atomic mass is 16.4. The standard InChI is InChI=1S/C16H17N3O2/c1-9-8-17-6-5-12(9)15-18-10(2)13-7-11(16(20)21)3-4-14(13)19-15/h5-6,8,11H,3-4,7H2,1-2H3,(H,20,21). The maximum atomic E-state index is 11.2. The number of aliphatic carboxylic acids is 1. The molecule has 0 saturated carbocycles. The van der Waals surface area contributed by atoms with Gasteiger partial charge in [0.15, 0.2) is 5.82 Å². The fourth-order valence-electron chi connectivity index (χ4n) is 2.84. The van der Waals surface area contributed by atoms with Crippen LogP contribution in [0.3, 0.4) is 0 Å². The summed E-state index contributed by atoms with van der Waals surface area (Å²) in [6.07, 6.45) is 5.42. The number of fused-ring (bicyclic) bond motifs is 1. The van der Waals surface area contributed by atoms with Crippen molar-refractivity contribution < 1.29 is 9.90 Å². The molecule has 2 aromatic heterocycles. The lowest BCUT2D eigenvalue weighted by Gasteiger charge is -2.22. The minimum absolute atomic E-state index is 0.312. The molecule has 0 saturated heterocycles. The fourth-order valence-corrected chi connectivity index (χ4v) is 2.84. The smallest absolute Gasteiger partial charge is 0.306 e. The Balaban J connectivity index is 2.04. The van der Waals surface area contributed by atoms with Crippen LogP contribution in [0.15, 0.2) is 18.5 Å². The molecule has 1 aliphatic rings. The monoisotopic (exact) mass is 283 g/mol. The number of nitrogens with zero attached hydrogens (tertiary/aromatic N) is 3. The topological polar surface area (TPSA) is 76.0 Å². The second kappa shape index (κ2) is 5.24. The summed E-state index contributed by atoms with van der Waals surface area (Å²) in [5, 5.41) is 9.18. The molecule has 1 N–H and O–H groups in total. The van der Waals surface area contributed by atoms with Crippen molar-refractivity contribution in [3.8, 4) is 11.4 Å². The van der Waals surface area contributed by atoms with Crippen molar-refractivity contribution in [1.29, 1.82) is 0 Å². The molecule has 0 aliphatic heterocycles. The second-order valence-electron chi connectivity index (χ2n) is 5.53. The average Bonchev–Trinajstić information content (AvgIpc) is 2.47. The molecule has 2 aromatic rings. The Labute approximate surface area is 123 Å². The van der Waals surface area contributed by atoms with Crippen molar-refractivity contribution in [2.24, 2.45) is 5.92 Å². The molecular formula is C16H17N3O2. The van der Waals surface area contributed by atoms with E-state index in [1.807, 2.05) is 19.9 Å². The number of aryl methyl sites for hydroxylation is 3. The minimum Gasteiger partial charge on any atom is -0.481 e. The van der Waals surface area contributed by atoms with Gasteiger partial charge in [-0.15, -0.1) is 0 Å². The van der Waals surface area contributed by atoms with Gasteiger partial charge in [0.2, 0.25) is 0 Å². The Kier molecular flexibility index (Phi) is 3.41. The van der Waals surface area contributed by atoms with E-state index in [0.29, 0.717) is 25.1 Å². The van der Waals surface area contributed by atoms with E-state index in [0.717, 1.165) is 28.1 Å². The first kappa shape index (κ1) is 13.7. The number of hydrogen-bond donors (Lipinski definition) is 1.